The first kappa shape index (κ1) is 19.5. The Morgan fingerprint density at radius 1 is 1.32 bits per heavy atom. The minimum absolute atomic E-state index is 0.0986. The quantitative estimate of drug-likeness (QED) is 0.378. The van der Waals surface area contributed by atoms with Gasteiger partial charge in [0.2, 0.25) is 0 Å². The van der Waals surface area contributed by atoms with E-state index in [0.29, 0.717) is 6.54 Å². The number of hydrogen-bond donors (Lipinski definition) is 3. The summed E-state index contributed by atoms with van der Waals surface area (Å²) in [5.74, 6) is 1.71. The van der Waals surface area contributed by atoms with Crippen molar-refractivity contribution in [2.24, 2.45) is 4.99 Å². The third-order valence-corrected chi connectivity index (χ3v) is 4.40. The van der Waals surface area contributed by atoms with E-state index in [0.717, 1.165) is 69.3 Å². The fourth-order valence-corrected chi connectivity index (χ4v) is 2.94. The SMILES string of the molecule is CCNC(=NCc1cccc(OC)c1)NCCCN1CCC(O)CC1. The number of piperidine rings is 1. The van der Waals surface area contributed by atoms with Crippen LogP contribution in [0.4, 0.5) is 0 Å². The maximum absolute atomic E-state index is 9.55. The lowest BCUT2D eigenvalue weighted by atomic mass is 10.1. The van der Waals surface area contributed by atoms with Crippen LogP contribution in [0.5, 0.6) is 5.75 Å². The van der Waals surface area contributed by atoms with Crippen LogP contribution in [0.15, 0.2) is 29.3 Å². The fourth-order valence-electron chi connectivity index (χ4n) is 2.94. The van der Waals surface area contributed by atoms with Crippen LogP contribution in [0, 0.1) is 0 Å². The Hall–Kier alpha value is -1.79. The number of ether oxygens (including phenoxy) is 1. The van der Waals surface area contributed by atoms with Crippen molar-refractivity contribution in [1.29, 1.82) is 0 Å². The van der Waals surface area contributed by atoms with Gasteiger partial charge in [-0.15, -0.1) is 0 Å². The molecule has 0 aliphatic carbocycles. The molecule has 1 aromatic rings. The van der Waals surface area contributed by atoms with Crippen molar-refractivity contribution >= 4 is 5.96 Å². The topological polar surface area (TPSA) is 69.1 Å². The van der Waals surface area contributed by atoms with Crippen LogP contribution in [-0.2, 0) is 6.54 Å². The molecule has 0 saturated carbocycles. The molecule has 3 N–H and O–H groups in total. The Morgan fingerprint density at radius 3 is 2.84 bits per heavy atom. The van der Waals surface area contributed by atoms with Crippen molar-refractivity contribution in [3.8, 4) is 5.75 Å². The Labute approximate surface area is 151 Å². The predicted octanol–water partition coefficient (Wildman–Crippen LogP) is 1.60. The summed E-state index contributed by atoms with van der Waals surface area (Å²) in [5, 5.41) is 16.2. The van der Waals surface area contributed by atoms with Crippen molar-refractivity contribution in [3.05, 3.63) is 29.8 Å². The molecule has 1 heterocycles. The summed E-state index contributed by atoms with van der Waals surface area (Å²) < 4.78 is 5.25. The highest BCUT2D eigenvalue weighted by Crippen LogP contribution is 2.13. The fraction of sp³-hybridized carbons (Fsp3) is 0.632. The zero-order valence-corrected chi connectivity index (χ0v) is 15.5. The van der Waals surface area contributed by atoms with Gasteiger partial charge >= 0.3 is 0 Å². The van der Waals surface area contributed by atoms with E-state index in [1.54, 1.807) is 7.11 Å². The molecule has 6 nitrogen and oxygen atoms in total. The van der Waals surface area contributed by atoms with E-state index in [4.69, 9.17) is 4.74 Å². The second-order valence-corrected chi connectivity index (χ2v) is 6.40. The average molecular weight is 348 g/mol. The van der Waals surface area contributed by atoms with Gasteiger partial charge in [-0.3, -0.25) is 0 Å². The average Bonchev–Trinajstić information content (AvgIpc) is 2.64. The van der Waals surface area contributed by atoms with Crippen LogP contribution in [0.1, 0.15) is 31.7 Å². The van der Waals surface area contributed by atoms with E-state index >= 15 is 0 Å². The largest absolute Gasteiger partial charge is 0.497 e. The third-order valence-electron chi connectivity index (χ3n) is 4.40. The summed E-state index contributed by atoms with van der Waals surface area (Å²) in [5.41, 5.74) is 1.13. The van der Waals surface area contributed by atoms with Gasteiger partial charge in [-0.05, 0) is 50.4 Å². The smallest absolute Gasteiger partial charge is 0.191 e. The summed E-state index contributed by atoms with van der Waals surface area (Å²) in [4.78, 5) is 7.07. The Morgan fingerprint density at radius 2 is 2.12 bits per heavy atom. The van der Waals surface area contributed by atoms with Gasteiger partial charge in [-0.25, -0.2) is 4.99 Å². The van der Waals surface area contributed by atoms with Gasteiger partial charge in [0.25, 0.3) is 0 Å². The standard InChI is InChI=1S/C19H32N4O2/c1-3-20-19(22-15-16-6-4-7-18(14-16)25-2)21-10-5-11-23-12-8-17(24)9-13-23/h4,6-7,14,17,24H,3,5,8-13,15H2,1-2H3,(H2,20,21,22). The predicted molar refractivity (Wildman–Crippen MR) is 102 cm³/mol. The lowest BCUT2D eigenvalue weighted by Crippen LogP contribution is -2.40. The van der Waals surface area contributed by atoms with Crippen LogP contribution in [0.2, 0.25) is 0 Å². The second-order valence-electron chi connectivity index (χ2n) is 6.40. The van der Waals surface area contributed by atoms with Gasteiger partial charge < -0.3 is 25.4 Å². The molecule has 0 spiro atoms. The molecule has 1 fully saturated rings. The summed E-state index contributed by atoms with van der Waals surface area (Å²) in [7, 11) is 1.68. The minimum atomic E-state index is -0.0986. The second kappa shape index (κ2) is 10.9. The molecule has 0 amide bonds. The van der Waals surface area contributed by atoms with Crippen molar-refractivity contribution < 1.29 is 9.84 Å². The number of nitrogens with zero attached hydrogens (tertiary/aromatic N) is 2. The zero-order valence-electron chi connectivity index (χ0n) is 15.5. The first-order valence-electron chi connectivity index (χ1n) is 9.26. The molecule has 25 heavy (non-hydrogen) atoms. The number of guanidine groups is 1. The number of nitrogens with one attached hydrogen (secondary N) is 2. The first-order valence-corrected chi connectivity index (χ1v) is 9.26. The molecule has 0 atom stereocenters. The van der Waals surface area contributed by atoms with Crippen molar-refractivity contribution in [2.75, 3.05) is 39.8 Å². The molecule has 1 aliphatic rings. The third kappa shape index (κ3) is 7.32. The summed E-state index contributed by atoms with van der Waals surface area (Å²) in [6.45, 7) is 7.50. The van der Waals surface area contributed by atoms with Gasteiger partial charge in [0, 0.05) is 26.2 Å². The van der Waals surface area contributed by atoms with Gasteiger partial charge in [0.05, 0.1) is 19.8 Å². The number of hydrogen-bond acceptors (Lipinski definition) is 4. The molecule has 0 aromatic heterocycles. The van der Waals surface area contributed by atoms with E-state index in [2.05, 4.69) is 33.5 Å². The normalized spacial score (nSPS) is 16.7. The Bertz CT molecular complexity index is 528. The zero-order chi connectivity index (χ0) is 17.9. The number of aliphatic hydroxyl groups is 1. The van der Waals surface area contributed by atoms with Crippen molar-refractivity contribution in [1.82, 2.24) is 15.5 Å². The maximum Gasteiger partial charge on any atom is 0.191 e. The van der Waals surface area contributed by atoms with Gasteiger partial charge in [0.1, 0.15) is 5.75 Å². The molecular formula is C19H32N4O2. The van der Waals surface area contributed by atoms with Gasteiger partial charge in [0.15, 0.2) is 5.96 Å². The van der Waals surface area contributed by atoms with Crippen molar-refractivity contribution in [2.45, 2.75) is 38.8 Å². The molecular weight excluding hydrogens is 316 g/mol. The Kier molecular flexibility index (Phi) is 8.55. The maximum atomic E-state index is 9.55. The number of aliphatic imine (C=N–C) groups is 1. The summed E-state index contributed by atoms with van der Waals surface area (Å²) in [6, 6.07) is 7.99. The number of likely N-dealkylation sites (tertiary alicyclic amines) is 1. The van der Waals surface area contributed by atoms with Crippen LogP contribution in [0.25, 0.3) is 0 Å². The molecule has 0 unspecified atom stereocenters. The summed E-state index contributed by atoms with van der Waals surface area (Å²) >= 11 is 0. The molecule has 6 heteroatoms. The van der Waals surface area contributed by atoms with E-state index in [1.165, 1.54) is 0 Å². The monoisotopic (exact) mass is 348 g/mol. The highest BCUT2D eigenvalue weighted by molar-refractivity contribution is 5.79. The lowest BCUT2D eigenvalue weighted by Gasteiger charge is -2.29. The molecule has 1 aliphatic heterocycles. The number of aliphatic hydroxyl groups excluding tert-OH is 1. The highest BCUT2D eigenvalue weighted by atomic mass is 16.5. The number of methoxy groups -OCH3 is 1. The lowest BCUT2D eigenvalue weighted by molar-refractivity contribution is 0.0823. The van der Waals surface area contributed by atoms with Crippen LogP contribution in [-0.4, -0.2) is 61.9 Å². The van der Waals surface area contributed by atoms with E-state index in [9.17, 15) is 5.11 Å². The van der Waals surface area contributed by atoms with Crippen LogP contribution in [0.3, 0.4) is 0 Å². The number of benzene rings is 1. The highest BCUT2D eigenvalue weighted by Gasteiger charge is 2.15. The van der Waals surface area contributed by atoms with Crippen LogP contribution >= 0.6 is 0 Å². The van der Waals surface area contributed by atoms with Crippen LogP contribution < -0.4 is 15.4 Å². The molecule has 1 saturated heterocycles. The number of rotatable bonds is 8. The van der Waals surface area contributed by atoms with E-state index < -0.39 is 0 Å². The van der Waals surface area contributed by atoms with Gasteiger partial charge in [-0.1, -0.05) is 12.1 Å². The molecule has 0 radical (unpaired) electrons. The van der Waals surface area contributed by atoms with E-state index in [1.807, 2.05) is 18.2 Å². The van der Waals surface area contributed by atoms with E-state index in [-0.39, 0.29) is 6.10 Å². The summed E-state index contributed by atoms with van der Waals surface area (Å²) in [6.07, 6.45) is 2.77. The molecule has 0 bridgehead atoms. The molecule has 2 rings (SSSR count). The molecule has 1 aromatic carbocycles. The first-order chi connectivity index (χ1) is 12.2. The Balaban J connectivity index is 1.73. The van der Waals surface area contributed by atoms with Gasteiger partial charge in [-0.2, -0.15) is 0 Å². The minimum Gasteiger partial charge on any atom is -0.497 e. The van der Waals surface area contributed by atoms with Crippen molar-refractivity contribution in [3.63, 3.8) is 0 Å². The molecule has 140 valence electrons.